The second kappa shape index (κ2) is 13.0. The van der Waals surface area contributed by atoms with Crippen LogP contribution in [0.1, 0.15) is 25.0 Å². The highest BCUT2D eigenvalue weighted by molar-refractivity contribution is 5.93. The minimum Gasteiger partial charge on any atom is -0.354 e. The van der Waals surface area contributed by atoms with Crippen molar-refractivity contribution in [2.45, 2.75) is 26.4 Å². The molecule has 1 fully saturated rings. The summed E-state index contributed by atoms with van der Waals surface area (Å²) in [5.41, 5.74) is 2.01. The van der Waals surface area contributed by atoms with Crippen molar-refractivity contribution in [3.63, 3.8) is 0 Å². The number of benzene rings is 1. The number of aldehydes is 1. The summed E-state index contributed by atoms with van der Waals surface area (Å²) in [5, 5.41) is 4.86. The van der Waals surface area contributed by atoms with E-state index in [0.717, 1.165) is 44.1 Å². The second-order valence-electron chi connectivity index (χ2n) is 7.04. The number of aliphatic imine (C=N–C) groups is 1. The van der Waals surface area contributed by atoms with Crippen molar-refractivity contribution in [2.24, 2.45) is 4.99 Å². The highest BCUT2D eigenvalue weighted by atomic mass is 16.2. The number of urea groups is 1. The number of hydrogen-bond acceptors (Lipinski definition) is 4. The molecule has 1 aliphatic heterocycles. The van der Waals surface area contributed by atoms with Crippen LogP contribution in [0.2, 0.25) is 0 Å². The molecule has 1 aliphatic rings. The average molecular weight is 422 g/mol. The molecule has 1 heterocycles. The fourth-order valence-electron chi connectivity index (χ4n) is 3.10. The second-order valence-corrected chi connectivity index (χ2v) is 7.04. The molecule has 0 aromatic heterocycles. The van der Waals surface area contributed by atoms with Crippen molar-refractivity contribution >= 4 is 18.2 Å². The summed E-state index contributed by atoms with van der Waals surface area (Å²) in [4.78, 5) is 31.6. The van der Waals surface area contributed by atoms with Crippen LogP contribution in [-0.2, 0) is 11.3 Å². The van der Waals surface area contributed by atoms with E-state index in [9.17, 15) is 9.59 Å². The fourth-order valence-corrected chi connectivity index (χ4v) is 3.10. The third kappa shape index (κ3) is 8.11. The van der Waals surface area contributed by atoms with Gasteiger partial charge in [-0.25, -0.2) is 9.79 Å². The Balaban J connectivity index is 1.90. The molecule has 1 saturated heterocycles. The third-order valence-corrected chi connectivity index (χ3v) is 4.75. The normalized spacial score (nSPS) is 16.1. The Hall–Kier alpha value is -3.37. The molecule has 2 N–H and O–H groups in total. The molecule has 1 atom stereocenters. The van der Waals surface area contributed by atoms with Gasteiger partial charge in [0.15, 0.2) is 6.29 Å². The number of amides is 2. The van der Waals surface area contributed by atoms with Crippen LogP contribution in [0.4, 0.5) is 4.79 Å². The molecular weight excluding hydrogens is 390 g/mol. The summed E-state index contributed by atoms with van der Waals surface area (Å²) in [6.07, 6.45) is 8.45. The molecule has 1 unspecified atom stereocenters. The van der Waals surface area contributed by atoms with Gasteiger partial charge in [0.05, 0.1) is 0 Å². The van der Waals surface area contributed by atoms with Crippen molar-refractivity contribution < 1.29 is 9.59 Å². The maximum absolute atomic E-state index is 11.3. The third-order valence-electron chi connectivity index (χ3n) is 4.75. The predicted octanol–water partition coefficient (Wildman–Crippen LogP) is 2.16. The van der Waals surface area contributed by atoms with Crippen LogP contribution in [0.5, 0.6) is 0 Å². The van der Waals surface area contributed by atoms with Crippen LogP contribution in [0.25, 0.3) is 0 Å². The quantitative estimate of drug-likeness (QED) is 0.319. The Morgan fingerprint density at radius 3 is 2.45 bits per heavy atom. The number of nitrogens with one attached hydrogen (secondary N) is 2. The van der Waals surface area contributed by atoms with Gasteiger partial charge in [0, 0.05) is 51.5 Å². The molecule has 7 nitrogen and oxygen atoms in total. The number of nitrogens with zero attached hydrogens (tertiary/aromatic N) is 3. The zero-order valence-electron chi connectivity index (χ0n) is 18.5. The fraction of sp³-hybridized carbons (Fsp3) is 0.375. The highest BCUT2D eigenvalue weighted by Gasteiger charge is 2.18. The highest BCUT2D eigenvalue weighted by Crippen LogP contribution is 2.11. The van der Waals surface area contributed by atoms with Crippen LogP contribution in [0.15, 0.2) is 53.7 Å². The molecule has 164 valence electrons. The maximum atomic E-state index is 11.3. The molecule has 7 heteroatoms. The van der Waals surface area contributed by atoms with Crippen LogP contribution in [0.3, 0.4) is 0 Å². The lowest BCUT2D eigenvalue weighted by molar-refractivity contribution is -0.108. The molecule has 0 bridgehead atoms. The largest absolute Gasteiger partial charge is 0.354 e. The zero-order chi connectivity index (χ0) is 22.5. The van der Waals surface area contributed by atoms with Crippen LogP contribution >= 0.6 is 0 Å². The van der Waals surface area contributed by atoms with Gasteiger partial charge in [0.2, 0.25) is 0 Å². The number of piperazine rings is 1. The van der Waals surface area contributed by atoms with Gasteiger partial charge in [0.1, 0.15) is 11.9 Å². The van der Waals surface area contributed by atoms with E-state index in [0.29, 0.717) is 6.29 Å². The van der Waals surface area contributed by atoms with E-state index in [1.807, 2.05) is 44.3 Å². The van der Waals surface area contributed by atoms with E-state index in [1.165, 1.54) is 12.6 Å². The number of allylic oxidation sites excluding steroid dienone is 2. The van der Waals surface area contributed by atoms with Crippen LogP contribution in [0, 0.1) is 11.8 Å². The molecule has 0 saturated carbocycles. The summed E-state index contributed by atoms with van der Waals surface area (Å²) >= 11 is 0. The monoisotopic (exact) mass is 421 g/mol. The SMILES string of the molecule is C\C=C/N=C(/C=C/C)N1CCN(Cc2ccc(C#CC(C=O)NC(=O)NC)cc2)CC1. The molecule has 2 amide bonds. The van der Waals surface area contributed by atoms with Gasteiger partial charge in [0.25, 0.3) is 0 Å². The van der Waals surface area contributed by atoms with Crippen LogP contribution in [-0.4, -0.2) is 67.2 Å². The lowest BCUT2D eigenvalue weighted by Crippen LogP contribution is -2.47. The van der Waals surface area contributed by atoms with Gasteiger partial charge >= 0.3 is 6.03 Å². The first kappa shape index (κ1) is 23.9. The number of hydrogen-bond donors (Lipinski definition) is 2. The molecule has 0 radical (unpaired) electrons. The molecule has 2 rings (SSSR count). The topological polar surface area (TPSA) is 77.0 Å². The molecular formula is C24H31N5O2. The molecule has 0 aliphatic carbocycles. The average Bonchev–Trinajstić information content (AvgIpc) is 2.80. The number of rotatable bonds is 6. The van der Waals surface area contributed by atoms with E-state index >= 15 is 0 Å². The molecule has 0 spiro atoms. The van der Waals surface area contributed by atoms with Gasteiger partial charge in [-0.2, -0.15) is 0 Å². The Morgan fingerprint density at radius 1 is 1.16 bits per heavy atom. The smallest absolute Gasteiger partial charge is 0.315 e. The van der Waals surface area contributed by atoms with E-state index < -0.39 is 12.1 Å². The summed E-state index contributed by atoms with van der Waals surface area (Å²) in [5.74, 6) is 6.70. The number of amidine groups is 1. The van der Waals surface area contributed by atoms with Crippen molar-refractivity contribution in [3.05, 3.63) is 59.8 Å². The predicted molar refractivity (Wildman–Crippen MR) is 125 cm³/mol. The molecule has 1 aromatic rings. The van der Waals surface area contributed by atoms with Crippen molar-refractivity contribution in [2.75, 3.05) is 33.2 Å². The van der Waals surface area contributed by atoms with Gasteiger partial charge in [-0.15, -0.1) is 0 Å². The van der Waals surface area contributed by atoms with E-state index in [4.69, 9.17) is 0 Å². The summed E-state index contributed by atoms with van der Waals surface area (Å²) in [7, 11) is 1.49. The zero-order valence-corrected chi connectivity index (χ0v) is 18.5. The number of carbonyl (C=O) groups is 2. The molecule has 31 heavy (non-hydrogen) atoms. The Bertz CT molecular complexity index is 869. The summed E-state index contributed by atoms with van der Waals surface area (Å²) < 4.78 is 0. The first-order valence-corrected chi connectivity index (χ1v) is 10.4. The van der Waals surface area contributed by atoms with E-state index in [2.05, 4.69) is 55.5 Å². The van der Waals surface area contributed by atoms with Gasteiger partial charge in [-0.1, -0.05) is 36.1 Å². The minimum atomic E-state index is -0.834. The Kier molecular flexibility index (Phi) is 10.1. The standard InChI is InChI=1S/C24H31N5O2/c1-4-6-23(26-13-5-2)29-16-14-28(15-17-29)18-21-9-7-20(8-10-21)11-12-22(19-30)27-24(31)25-3/h4-10,13,19,22H,14-18H2,1-3H3,(H2,25,27,31)/b6-4+,13-5-,26-23-. The molecule has 1 aromatic carbocycles. The Morgan fingerprint density at radius 2 is 1.87 bits per heavy atom. The first-order chi connectivity index (χ1) is 15.1. The number of carbonyl (C=O) groups excluding carboxylic acids is 2. The van der Waals surface area contributed by atoms with E-state index in [-0.39, 0.29) is 0 Å². The Labute approximate surface area is 184 Å². The van der Waals surface area contributed by atoms with Crippen LogP contribution < -0.4 is 10.6 Å². The summed E-state index contributed by atoms with van der Waals surface area (Å²) in [6, 6.07) is 6.71. The lowest BCUT2D eigenvalue weighted by atomic mass is 10.1. The summed E-state index contributed by atoms with van der Waals surface area (Å²) in [6.45, 7) is 8.67. The van der Waals surface area contributed by atoms with Crippen molar-refractivity contribution in [3.8, 4) is 11.8 Å². The lowest BCUT2D eigenvalue weighted by Gasteiger charge is -2.35. The van der Waals surface area contributed by atoms with E-state index in [1.54, 1.807) is 0 Å². The minimum absolute atomic E-state index is 0.437. The van der Waals surface area contributed by atoms with Gasteiger partial charge in [-0.3, -0.25) is 9.69 Å². The van der Waals surface area contributed by atoms with Gasteiger partial charge in [-0.05, 0) is 37.6 Å². The van der Waals surface area contributed by atoms with Crippen molar-refractivity contribution in [1.82, 2.24) is 20.4 Å². The van der Waals surface area contributed by atoms with Gasteiger partial charge < -0.3 is 15.5 Å². The maximum Gasteiger partial charge on any atom is 0.315 e. The first-order valence-electron chi connectivity index (χ1n) is 10.4. The van der Waals surface area contributed by atoms with Crippen molar-refractivity contribution in [1.29, 1.82) is 0 Å².